The molecular weight excluding hydrogens is 472 g/mol. The number of hydrogen-bond acceptors (Lipinski definition) is 6. The van der Waals surface area contributed by atoms with E-state index in [2.05, 4.69) is 5.32 Å². The van der Waals surface area contributed by atoms with E-state index >= 15 is 0 Å². The monoisotopic (exact) mass is 495 g/mol. The molecule has 0 unspecified atom stereocenters. The highest BCUT2D eigenvalue weighted by Crippen LogP contribution is 2.33. The van der Waals surface area contributed by atoms with E-state index in [-0.39, 0.29) is 36.6 Å². The molecule has 2 aliphatic heterocycles. The summed E-state index contributed by atoms with van der Waals surface area (Å²) in [6.45, 7) is 0.930. The van der Waals surface area contributed by atoms with Gasteiger partial charge in [-0.05, 0) is 24.3 Å². The summed E-state index contributed by atoms with van der Waals surface area (Å²) in [5, 5.41) is 2.31. The quantitative estimate of drug-likeness (QED) is 0.672. The van der Waals surface area contributed by atoms with Crippen LogP contribution in [0.25, 0.3) is 0 Å². The van der Waals surface area contributed by atoms with Crippen molar-refractivity contribution >= 4 is 21.8 Å². The van der Waals surface area contributed by atoms with E-state index in [1.807, 2.05) is 0 Å². The van der Waals surface area contributed by atoms with Crippen molar-refractivity contribution in [2.75, 3.05) is 45.9 Å². The standard InChI is InChI=1S/C22H23F2N3O6S/c23-15-2-4-17(18(24)12-15)22(29)25-14-21(28)26-6-8-27(9-7-26)34(30,31)16-3-5-19-20(13-16)33-11-1-10-32-19/h2-5,12-13H,1,6-11,14H2,(H,25,29). The van der Waals surface area contributed by atoms with Gasteiger partial charge in [0.15, 0.2) is 11.5 Å². The molecule has 2 aromatic carbocycles. The number of nitrogens with one attached hydrogen (secondary N) is 1. The number of amides is 2. The number of hydrogen-bond donors (Lipinski definition) is 1. The SMILES string of the molecule is O=C(NCC(=O)N1CCN(S(=O)(=O)c2ccc3c(c2)OCCCO3)CC1)c1ccc(F)cc1F. The molecule has 0 saturated carbocycles. The second kappa shape index (κ2) is 9.94. The molecule has 0 bridgehead atoms. The molecule has 2 aliphatic rings. The average Bonchev–Trinajstić information content (AvgIpc) is 3.07. The molecule has 12 heteroatoms. The largest absolute Gasteiger partial charge is 0.490 e. The number of benzene rings is 2. The molecule has 2 aromatic rings. The molecule has 0 spiro atoms. The van der Waals surface area contributed by atoms with Gasteiger partial charge in [0.2, 0.25) is 15.9 Å². The van der Waals surface area contributed by atoms with Gasteiger partial charge < -0.3 is 19.7 Å². The second-order valence-corrected chi connectivity index (χ2v) is 9.69. The van der Waals surface area contributed by atoms with Crippen LogP contribution in [0.4, 0.5) is 8.78 Å². The summed E-state index contributed by atoms with van der Waals surface area (Å²) in [6, 6.07) is 7.00. The van der Waals surface area contributed by atoms with Gasteiger partial charge in [-0.25, -0.2) is 17.2 Å². The summed E-state index contributed by atoms with van der Waals surface area (Å²) >= 11 is 0. The van der Waals surface area contributed by atoms with Gasteiger partial charge in [-0.3, -0.25) is 9.59 Å². The molecule has 0 atom stereocenters. The fourth-order valence-corrected chi connectivity index (χ4v) is 5.11. The van der Waals surface area contributed by atoms with E-state index in [9.17, 15) is 26.8 Å². The lowest BCUT2D eigenvalue weighted by Gasteiger charge is -2.34. The van der Waals surface area contributed by atoms with Crippen LogP contribution in [0.15, 0.2) is 41.3 Å². The molecule has 0 aliphatic carbocycles. The summed E-state index contributed by atoms with van der Waals surface area (Å²) in [6.07, 6.45) is 0.700. The first kappa shape index (κ1) is 23.9. The molecule has 1 fully saturated rings. The van der Waals surface area contributed by atoms with Gasteiger partial charge in [-0.15, -0.1) is 0 Å². The Bertz CT molecular complexity index is 1200. The number of piperazine rings is 1. The molecule has 4 rings (SSSR count). The number of rotatable bonds is 5. The lowest BCUT2D eigenvalue weighted by atomic mass is 10.2. The van der Waals surface area contributed by atoms with Gasteiger partial charge in [-0.2, -0.15) is 4.31 Å². The minimum absolute atomic E-state index is 0.0725. The molecule has 0 radical (unpaired) electrons. The van der Waals surface area contributed by atoms with Crippen LogP contribution in [-0.4, -0.2) is 75.4 Å². The number of ether oxygens (including phenoxy) is 2. The van der Waals surface area contributed by atoms with Crippen molar-refractivity contribution in [2.24, 2.45) is 0 Å². The minimum Gasteiger partial charge on any atom is -0.490 e. The summed E-state index contributed by atoms with van der Waals surface area (Å²) in [5.74, 6) is -2.26. The van der Waals surface area contributed by atoms with Crippen molar-refractivity contribution in [3.05, 3.63) is 53.6 Å². The van der Waals surface area contributed by atoms with Crippen LogP contribution in [0.2, 0.25) is 0 Å². The number of halogens is 2. The van der Waals surface area contributed by atoms with Crippen LogP contribution in [0, 0.1) is 11.6 Å². The highest BCUT2D eigenvalue weighted by molar-refractivity contribution is 7.89. The van der Waals surface area contributed by atoms with E-state index in [0.29, 0.717) is 37.2 Å². The maximum atomic E-state index is 13.7. The zero-order chi connectivity index (χ0) is 24.3. The van der Waals surface area contributed by atoms with E-state index in [4.69, 9.17) is 9.47 Å². The first-order valence-corrected chi connectivity index (χ1v) is 12.1. The van der Waals surface area contributed by atoms with Gasteiger partial charge in [0, 0.05) is 44.7 Å². The highest BCUT2D eigenvalue weighted by atomic mass is 32.2. The zero-order valence-electron chi connectivity index (χ0n) is 18.1. The third kappa shape index (κ3) is 5.12. The molecule has 1 saturated heterocycles. The molecule has 2 heterocycles. The van der Waals surface area contributed by atoms with E-state index in [0.717, 1.165) is 12.1 Å². The molecule has 34 heavy (non-hydrogen) atoms. The molecule has 0 aromatic heterocycles. The van der Waals surface area contributed by atoms with Crippen molar-refractivity contribution < 1.29 is 36.3 Å². The topological polar surface area (TPSA) is 105 Å². The zero-order valence-corrected chi connectivity index (χ0v) is 18.9. The average molecular weight is 496 g/mol. The predicted molar refractivity (Wildman–Crippen MR) is 116 cm³/mol. The van der Waals surface area contributed by atoms with Crippen molar-refractivity contribution in [3.8, 4) is 11.5 Å². The smallest absolute Gasteiger partial charge is 0.254 e. The number of carbonyl (C=O) groups is 2. The molecular formula is C22H23F2N3O6S. The number of nitrogens with zero attached hydrogens (tertiary/aromatic N) is 2. The third-order valence-electron chi connectivity index (χ3n) is 5.52. The molecule has 9 nitrogen and oxygen atoms in total. The Kier molecular flexibility index (Phi) is 6.98. The second-order valence-electron chi connectivity index (χ2n) is 7.75. The van der Waals surface area contributed by atoms with E-state index in [1.165, 1.54) is 21.3 Å². The number of sulfonamides is 1. The van der Waals surface area contributed by atoms with Crippen LogP contribution in [-0.2, 0) is 14.8 Å². The maximum absolute atomic E-state index is 13.7. The Balaban J connectivity index is 1.33. The van der Waals surface area contributed by atoms with Crippen molar-refractivity contribution in [2.45, 2.75) is 11.3 Å². The van der Waals surface area contributed by atoms with E-state index < -0.39 is 40.0 Å². The first-order chi connectivity index (χ1) is 16.3. The van der Waals surface area contributed by atoms with Crippen LogP contribution in [0.1, 0.15) is 16.8 Å². The van der Waals surface area contributed by atoms with Gasteiger partial charge in [0.25, 0.3) is 5.91 Å². The summed E-state index contributed by atoms with van der Waals surface area (Å²) < 4.78 is 65.2. The predicted octanol–water partition coefficient (Wildman–Crippen LogP) is 1.39. The van der Waals surface area contributed by atoms with Crippen molar-refractivity contribution in [1.29, 1.82) is 0 Å². The van der Waals surface area contributed by atoms with Crippen LogP contribution in [0.3, 0.4) is 0 Å². The fraction of sp³-hybridized carbons (Fsp3) is 0.364. The van der Waals surface area contributed by atoms with Crippen LogP contribution < -0.4 is 14.8 Å². The minimum atomic E-state index is -3.81. The summed E-state index contributed by atoms with van der Waals surface area (Å²) in [5.41, 5.74) is -0.375. The lowest BCUT2D eigenvalue weighted by Crippen LogP contribution is -2.52. The normalized spacial score (nSPS) is 16.6. The van der Waals surface area contributed by atoms with Gasteiger partial charge >= 0.3 is 0 Å². The van der Waals surface area contributed by atoms with Crippen LogP contribution >= 0.6 is 0 Å². The Morgan fingerprint density at radius 1 is 0.941 bits per heavy atom. The Morgan fingerprint density at radius 2 is 1.65 bits per heavy atom. The van der Waals surface area contributed by atoms with E-state index in [1.54, 1.807) is 6.07 Å². The van der Waals surface area contributed by atoms with Crippen LogP contribution in [0.5, 0.6) is 11.5 Å². The Morgan fingerprint density at radius 3 is 2.35 bits per heavy atom. The summed E-state index contributed by atoms with van der Waals surface area (Å²) in [7, 11) is -3.81. The van der Waals surface area contributed by atoms with Gasteiger partial charge in [0.05, 0.1) is 30.2 Å². The molecule has 182 valence electrons. The summed E-state index contributed by atoms with van der Waals surface area (Å²) in [4.78, 5) is 26.0. The molecule has 2 amide bonds. The van der Waals surface area contributed by atoms with Gasteiger partial charge in [-0.1, -0.05) is 0 Å². The third-order valence-corrected chi connectivity index (χ3v) is 7.42. The molecule has 1 N–H and O–H groups in total. The Labute approximate surface area is 195 Å². The lowest BCUT2D eigenvalue weighted by molar-refractivity contribution is -0.131. The fourth-order valence-electron chi connectivity index (χ4n) is 3.67. The van der Waals surface area contributed by atoms with Crippen molar-refractivity contribution in [3.63, 3.8) is 0 Å². The highest BCUT2D eigenvalue weighted by Gasteiger charge is 2.31. The Hall–Kier alpha value is -3.25. The first-order valence-electron chi connectivity index (χ1n) is 10.7. The number of carbonyl (C=O) groups excluding carboxylic acids is 2. The van der Waals surface area contributed by atoms with Gasteiger partial charge in [0.1, 0.15) is 11.6 Å². The van der Waals surface area contributed by atoms with Crippen molar-refractivity contribution in [1.82, 2.24) is 14.5 Å². The maximum Gasteiger partial charge on any atom is 0.254 e. The number of fused-ring (bicyclic) bond motifs is 1.